The fraction of sp³-hybridized carbons (Fsp3) is 0.417. The van der Waals surface area contributed by atoms with E-state index in [9.17, 15) is 9.59 Å². The third-order valence-electron chi connectivity index (χ3n) is 5.99. The number of ether oxygens (including phenoxy) is 2. The van der Waals surface area contributed by atoms with Gasteiger partial charge in [-0.25, -0.2) is 0 Å². The molecule has 31 heavy (non-hydrogen) atoms. The van der Waals surface area contributed by atoms with Crippen molar-refractivity contribution in [2.45, 2.75) is 43.8 Å². The molecule has 0 saturated carbocycles. The Hall–Kier alpha value is -2.67. The molecule has 6 nitrogen and oxygen atoms in total. The largest absolute Gasteiger partial charge is 0.493 e. The van der Waals surface area contributed by atoms with Crippen molar-refractivity contribution in [2.75, 3.05) is 19.9 Å². The molecule has 0 N–H and O–H groups in total. The van der Waals surface area contributed by atoms with E-state index in [-0.39, 0.29) is 22.7 Å². The molecule has 2 aromatic rings. The Morgan fingerprint density at radius 2 is 1.97 bits per heavy atom. The summed E-state index contributed by atoms with van der Waals surface area (Å²) in [4.78, 5) is 28.7. The molecule has 164 valence electrons. The minimum atomic E-state index is -0.384. The van der Waals surface area contributed by atoms with Crippen LogP contribution >= 0.6 is 11.8 Å². The first-order chi connectivity index (χ1) is 14.9. The minimum absolute atomic E-state index is 0.0187. The minimum Gasteiger partial charge on any atom is -0.493 e. The van der Waals surface area contributed by atoms with Gasteiger partial charge in [-0.2, -0.15) is 0 Å². The summed E-state index contributed by atoms with van der Waals surface area (Å²) < 4.78 is 11.4. The molecule has 2 heterocycles. The zero-order chi connectivity index (χ0) is 22.0. The highest BCUT2D eigenvalue weighted by atomic mass is 32.2. The summed E-state index contributed by atoms with van der Waals surface area (Å²) in [6, 6.07) is 15.3. The van der Waals surface area contributed by atoms with Crippen LogP contribution in [0.3, 0.4) is 0 Å². The topological polar surface area (TPSA) is 59.1 Å². The molecular formula is C24H28N2O4S. The fourth-order valence-electron chi connectivity index (χ4n) is 4.27. The Kier molecular flexibility index (Phi) is 6.14. The van der Waals surface area contributed by atoms with E-state index in [4.69, 9.17) is 9.47 Å². The summed E-state index contributed by atoms with van der Waals surface area (Å²) in [7, 11) is 3.40. The van der Waals surface area contributed by atoms with Gasteiger partial charge in [0.1, 0.15) is 12.6 Å². The summed E-state index contributed by atoms with van der Waals surface area (Å²) in [5, 5.41) is 0. The Labute approximate surface area is 187 Å². The van der Waals surface area contributed by atoms with Crippen molar-refractivity contribution in [3.05, 3.63) is 59.7 Å². The van der Waals surface area contributed by atoms with E-state index in [2.05, 4.69) is 6.92 Å². The van der Waals surface area contributed by atoms with Crippen molar-refractivity contribution >= 4 is 23.6 Å². The highest BCUT2D eigenvalue weighted by Gasteiger charge is 2.53. The Morgan fingerprint density at radius 3 is 2.71 bits per heavy atom. The lowest BCUT2D eigenvalue weighted by Crippen LogP contribution is -2.50. The number of hydrogen-bond donors (Lipinski definition) is 0. The average molecular weight is 441 g/mol. The monoisotopic (exact) mass is 440 g/mol. The van der Waals surface area contributed by atoms with Crippen molar-refractivity contribution in [3.8, 4) is 11.5 Å². The van der Waals surface area contributed by atoms with E-state index in [1.165, 1.54) is 0 Å². The van der Waals surface area contributed by atoms with Crippen LogP contribution in [0, 0.1) is 0 Å². The molecule has 2 aliphatic heterocycles. The molecule has 2 aliphatic rings. The van der Waals surface area contributed by atoms with Crippen LogP contribution < -0.4 is 9.47 Å². The molecule has 2 amide bonds. The quantitative estimate of drug-likeness (QED) is 0.657. The van der Waals surface area contributed by atoms with Crippen LogP contribution in [0.5, 0.6) is 11.5 Å². The molecule has 0 spiro atoms. The number of benzene rings is 2. The van der Waals surface area contributed by atoms with Crippen LogP contribution in [0.2, 0.25) is 0 Å². The number of rotatable bonds is 7. The number of hydrogen-bond acceptors (Lipinski definition) is 5. The molecule has 7 heteroatoms. The summed E-state index contributed by atoms with van der Waals surface area (Å²) in [6.45, 7) is 2.96. The van der Waals surface area contributed by atoms with Gasteiger partial charge in [-0.05, 0) is 36.6 Å². The Morgan fingerprint density at radius 1 is 1.19 bits per heavy atom. The first-order valence-electron chi connectivity index (χ1n) is 10.5. The highest BCUT2D eigenvalue weighted by molar-refractivity contribution is 8.01. The van der Waals surface area contributed by atoms with Crippen molar-refractivity contribution in [1.82, 2.24) is 9.80 Å². The van der Waals surface area contributed by atoms with E-state index in [1.807, 2.05) is 48.5 Å². The Bertz CT molecular complexity index is 967. The fourth-order valence-corrected chi connectivity index (χ4v) is 5.70. The van der Waals surface area contributed by atoms with Gasteiger partial charge in [0, 0.05) is 25.8 Å². The van der Waals surface area contributed by atoms with Crippen molar-refractivity contribution in [1.29, 1.82) is 0 Å². The van der Waals surface area contributed by atoms with Crippen LogP contribution in [0.1, 0.15) is 30.9 Å². The summed E-state index contributed by atoms with van der Waals surface area (Å²) >= 11 is 1.71. The van der Waals surface area contributed by atoms with Gasteiger partial charge in [0.05, 0.1) is 12.0 Å². The molecule has 4 rings (SSSR count). The van der Waals surface area contributed by atoms with E-state index < -0.39 is 0 Å². The second-order valence-corrected chi connectivity index (χ2v) is 9.72. The van der Waals surface area contributed by atoms with E-state index in [0.717, 1.165) is 17.5 Å². The SMILES string of the molecule is COc1cc(CN(C)C(=O)[C@H]2CS[C@@]3(C)CCC(=O)N23)ccc1OCc1ccccc1. The maximum atomic E-state index is 13.1. The first kappa shape index (κ1) is 21.6. The van der Waals surface area contributed by atoms with Gasteiger partial charge >= 0.3 is 0 Å². The van der Waals surface area contributed by atoms with Crippen LogP contribution in [0.4, 0.5) is 0 Å². The maximum absolute atomic E-state index is 13.1. The normalized spacial score (nSPS) is 22.4. The number of methoxy groups -OCH3 is 1. The molecule has 0 unspecified atom stereocenters. The number of thioether (sulfide) groups is 1. The smallest absolute Gasteiger partial charge is 0.246 e. The van der Waals surface area contributed by atoms with Crippen LogP contribution in [-0.2, 0) is 22.7 Å². The zero-order valence-corrected chi connectivity index (χ0v) is 19.0. The third-order valence-corrected chi connectivity index (χ3v) is 7.50. The molecule has 2 aromatic carbocycles. The highest BCUT2D eigenvalue weighted by Crippen LogP contribution is 2.47. The van der Waals surface area contributed by atoms with Crippen LogP contribution in [0.25, 0.3) is 0 Å². The molecule has 0 bridgehead atoms. The van der Waals surface area contributed by atoms with Crippen molar-refractivity contribution in [2.24, 2.45) is 0 Å². The second-order valence-electron chi connectivity index (χ2n) is 8.22. The van der Waals surface area contributed by atoms with E-state index in [1.54, 1.807) is 35.7 Å². The van der Waals surface area contributed by atoms with Gasteiger partial charge in [0.15, 0.2) is 11.5 Å². The van der Waals surface area contributed by atoms with E-state index in [0.29, 0.717) is 36.8 Å². The van der Waals surface area contributed by atoms with E-state index >= 15 is 0 Å². The molecule has 2 atom stereocenters. The summed E-state index contributed by atoms with van der Waals surface area (Å²) in [5.74, 6) is 2.01. The van der Waals surface area contributed by atoms with Crippen LogP contribution in [0.15, 0.2) is 48.5 Å². The molecule has 0 radical (unpaired) electrons. The zero-order valence-electron chi connectivity index (χ0n) is 18.2. The predicted molar refractivity (Wildman–Crippen MR) is 121 cm³/mol. The van der Waals surface area contributed by atoms with Crippen LogP contribution in [-0.4, -0.2) is 52.4 Å². The van der Waals surface area contributed by atoms with Gasteiger partial charge < -0.3 is 19.3 Å². The summed E-state index contributed by atoms with van der Waals surface area (Å²) in [5.41, 5.74) is 2.03. The average Bonchev–Trinajstić information content (AvgIpc) is 3.28. The first-order valence-corrected chi connectivity index (χ1v) is 11.4. The maximum Gasteiger partial charge on any atom is 0.246 e. The predicted octanol–water partition coefficient (Wildman–Crippen LogP) is 3.69. The third kappa shape index (κ3) is 4.37. The summed E-state index contributed by atoms with van der Waals surface area (Å²) in [6.07, 6.45) is 1.34. The van der Waals surface area contributed by atoms with Gasteiger partial charge in [-0.1, -0.05) is 36.4 Å². The number of carbonyl (C=O) groups is 2. The number of nitrogens with zero attached hydrogens (tertiary/aromatic N) is 2. The van der Waals surface area contributed by atoms with Crippen molar-refractivity contribution in [3.63, 3.8) is 0 Å². The lowest BCUT2D eigenvalue weighted by Gasteiger charge is -2.32. The molecule has 0 aliphatic carbocycles. The lowest BCUT2D eigenvalue weighted by molar-refractivity contribution is -0.143. The molecule has 2 saturated heterocycles. The van der Waals surface area contributed by atoms with Gasteiger partial charge in [-0.3, -0.25) is 9.59 Å². The van der Waals surface area contributed by atoms with Gasteiger partial charge in [0.25, 0.3) is 0 Å². The lowest BCUT2D eigenvalue weighted by atomic mass is 10.1. The number of fused-ring (bicyclic) bond motifs is 1. The van der Waals surface area contributed by atoms with Crippen molar-refractivity contribution < 1.29 is 19.1 Å². The molecule has 2 fully saturated rings. The Balaban J connectivity index is 1.41. The van der Waals surface area contributed by atoms with Gasteiger partial charge in [-0.15, -0.1) is 11.8 Å². The number of amides is 2. The molecular weight excluding hydrogens is 412 g/mol. The standard InChI is InChI=1S/C24H28N2O4S/c1-24-12-11-22(27)26(24)19(16-31-24)23(28)25(2)14-18-9-10-20(21(13-18)29-3)30-15-17-7-5-4-6-8-17/h4-10,13,19H,11-12,14-16H2,1-3H3/t19-,24+/m1/s1. The molecule has 0 aromatic heterocycles. The number of carbonyl (C=O) groups excluding carboxylic acids is 2. The number of likely N-dealkylation sites (N-methyl/N-ethyl adjacent to an activating group) is 1. The van der Waals surface area contributed by atoms with Gasteiger partial charge in [0.2, 0.25) is 11.8 Å². The second kappa shape index (κ2) is 8.83.